The maximum Gasteiger partial charge on any atom is 0.234 e. The zero-order chi connectivity index (χ0) is 14.9. The highest BCUT2D eigenvalue weighted by molar-refractivity contribution is 5.78. The van der Waals surface area contributed by atoms with Crippen LogP contribution in [0.4, 0.5) is 0 Å². The van der Waals surface area contributed by atoms with Crippen LogP contribution in [0.2, 0.25) is 0 Å². The first-order chi connectivity index (χ1) is 10.0. The van der Waals surface area contributed by atoms with Crippen molar-refractivity contribution in [3.8, 4) is 5.75 Å². The van der Waals surface area contributed by atoms with Gasteiger partial charge in [0.05, 0.1) is 12.6 Å². The standard InChI is InChI=1S/C17H24N2O2/c1-17(2)9-14(13-5-3-4-6-15(13)21-17)19-16(20)11-18-10-12-7-8-12/h3-6,12,14,18H,7-11H2,1-2H3,(H,19,20). The number of amides is 1. The Hall–Kier alpha value is -1.55. The summed E-state index contributed by atoms with van der Waals surface area (Å²) in [6, 6.07) is 8.00. The van der Waals surface area contributed by atoms with E-state index in [4.69, 9.17) is 4.74 Å². The molecule has 2 N–H and O–H groups in total. The fraction of sp³-hybridized carbons (Fsp3) is 0.588. The minimum atomic E-state index is -0.256. The largest absolute Gasteiger partial charge is 0.487 e. The zero-order valence-corrected chi connectivity index (χ0v) is 12.8. The first-order valence-electron chi connectivity index (χ1n) is 7.81. The molecule has 1 saturated carbocycles. The average molecular weight is 288 g/mol. The van der Waals surface area contributed by atoms with Gasteiger partial charge in [0.25, 0.3) is 0 Å². The topological polar surface area (TPSA) is 50.4 Å². The van der Waals surface area contributed by atoms with Crippen LogP contribution in [0.25, 0.3) is 0 Å². The number of hydrogen-bond donors (Lipinski definition) is 2. The molecule has 0 saturated heterocycles. The normalized spacial score (nSPS) is 23.0. The van der Waals surface area contributed by atoms with E-state index in [2.05, 4.69) is 24.5 Å². The minimum Gasteiger partial charge on any atom is -0.487 e. The first-order valence-corrected chi connectivity index (χ1v) is 7.81. The summed E-state index contributed by atoms with van der Waals surface area (Å²) in [5.74, 6) is 1.73. The van der Waals surface area contributed by atoms with Gasteiger partial charge in [0.2, 0.25) is 5.91 Å². The third-order valence-electron chi connectivity index (χ3n) is 4.13. The molecule has 3 rings (SSSR count). The average Bonchev–Trinajstić information content (AvgIpc) is 3.21. The summed E-state index contributed by atoms with van der Waals surface area (Å²) in [6.45, 7) is 5.49. The van der Waals surface area contributed by atoms with Gasteiger partial charge in [-0.2, -0.15) is 0 Å². The lowest BCUT2D eigenvalue weighted by Gasteiger charge is -2.37. The Morgan fingerprint density at radius 1 is 1.33 bits per heavy atom. The molecule has 1 aromatic rings. The molecule has 21 heavy (non-hydrogen) atoms. The molecule has 1 aliphatic heterocycles. The molecule has 1 aromatic carbocycles. The van der Waals surface area contributed by atoms with Gasteiger partial charge in [0, 0.05) is 12.0 Å². The number of benzene rings is 1. The third kappa shape index (κ3) is 3.76. The maximum absolute atomic E-state index is 12.1. The predicted octanol–water partition coefficient (Wildman–Crippen LogP) is 2.40. The summed E-state index contributed by atoms with van der Waals surface area (Å²) in [5, 5.41) is 6.38. The molecule has 1 fully saturated rings. The summed E-state index contributed by atoms with van der Waals surface area (Å²) in [6.07, 6.45) is 3.39. The Morgan fingerprint density at radius 3 is 2.86 bits per heavy atom. The highest BCUT2D eigenvalue weighted by Crippen LogP contribution is 2.39. The van der Waals surface area contributed by atoms with E-state index in [0.29, 0.717) is 6.54 Å². The summed E-state index contributed by atoms with van der Waals surface area (Å²) in [4.78, 5) is 12.1. The molecular formula is C17H24N2O2. The number of rotatable bonds is 5. The van der Waals surface area contributed by atoms with Crippen molar-refractivity contribution in [3.05, 3.63) is 29.8 Å². The molecule has 2 aliphatic rings. The molecule has 0 bridgehead atoms. The number of carbonyl (C=O) groups excluding carboxylic acids is 1. The molecule has 1 heterocycles. The van der Waals surface area contributed by atoms with Crippen molar-refractivity contribution in [3.63, 3.8) is 0 Å². The molecule has 0 radical (unpaired) electrons. The summed E-state index contributed by atoms with van der Waals surface area (Å²) < 4.78 is 5.99. The molecule has 4 nitrogen and oxygen atoms in total. The van der Waals surface area contributed by atoms with Crippen LogP contribution in [0.15, 0.2) is 24.3 Å². The van der Waals surface area contributed by atoms with Crippen LogP contribution in [0.3, 0.4) is 0 Å². The van der Waals surface area contributed by atoms with Crippen molar-refractivity contribution >= 4 is 5.91 Å². The number of carbonyl (C=O) groups is 1. The van der Waals surface area contributed by atoms with Crippen LogP contribution >= 0.6 is 0 Å². The number of hydrogen-bond acceptors (Lipinski definition) is 3. The molecular weight excluding hydrogens is 264 g/mol. The van der Waals surface area contributed by atoms with E-state index < -0.39 is 0 Å². The fourth-order valence-corrected chi connectivity index (χ4v) is 2.89. The van der Waals surface area contributed by atoms with Gasteiger partial charge in [-0.1, -0.05) is 18.2 Å². The summed E-state index contributed by atoms with van der Waals surface area (Å²) in [7, 11) is 0. The zero-order valence-electron chi connectivity index (χ0n) is 12.8. The van der Waals surface area contributed by atoms with Crippen molar-refractivity contribution in [1.82, 2.24) is 10.6 Å². The predicted molar refractivity (Wildman–Crippen MR) is 82.2 cm³/mol. The monoisotopic (exact) mass is 288 g/mol. The van der Waals surface area contributed by atoms with Crippen molar-refractivity contribution in [1.29, 1.82) is 0 Å². The van der Waals surface area contributed by atoms with Gasteiger partial charge in [-0.15, -0.1) is 0 Å². The molecule has 4 heteroatoms. The molecule has 1 unspecified atom stereocenters. The van der Waals surface area contributed by atoms with Crippen LogP contribution in [0.5, 0.6) is 5.75 Å². The Morgan fingerprint density at radius 2 is 2.10 bits per heavy atom. The molecule has 114 valence electrons. The van der Waals surface area contributed by atoms with Crippen LogP contribution in [-0.4, -0.2) is 24.6 Å². The molecule has 1 amide bonds. The second-order valence-electron chi connectivity index (χ2n) is 6.80. The van der Waals surface area contributed by atoms with Gasteiger partial charge in [-0.3, -0.25) is 4.79 Å². The lowest BCUT2D eigenvalue weighted by Crippen LogP contribution is -2.43. The Balaban J connectivity index is 1.62. The van der Waals surface area contributed by atoms with Crippen LogP contribution in [0, 0.1) is 5.92 Å². The first kappa shape index (κ1) is 14.4. The van der Waals surface area contributed by atoms with Crippen LogP contribution in [0.1, 0.15) is 44.7 Å². The SMILES string of the molecule is CC1(C)CC(NC(=O)CNCC2CC2)c2ccccc2O1. The van der Waals surface area contributed by atoms with E-state index in [-0.39, 0.29) is 17.6 Å². The molecule has 0 spiro atoms. The Kier molecular flexibility index (Phi) is 3.89. The van der Waals surface area contributed by atoms with Gasteiger partial charge in [-0.25, -0.2) is 0 Å². The number of fused-ring (bicyclic) bond motifs is 1. The van der Waals surface area contributed by atoms with Gasteiger partial charge in [0.1, 0.15) is 11.4 Å². The van der Waals surface area contributed by atoms with Crippen molar-refractivity contribution in [2.45, 2.75) is 44.8 Å². The third-order valence-corrected chi connectivity index (χ3v) is 4.13. The smallest absolute Gasteiger partial charge is 0.234 e. The van der Waals surface area contributed by atoms with Gasteiger partial charge < -0.3 is 15.4 Å². The molecule has 0 aromatic heterocycles. The highest BCUT2D eigenvalue weighted by Gasteiger charge is 2.34. The van der Waals surface area contributed by atoms with Crippen LogP contribution in [-0.2, 0) is 4.79 Å². The van der Waals surface area contributed by atoms with E-state index in [1.54, 1.807) is 0 Å². The van der Waals surface area contributed by atoms with Crippen molar-refractivity contribution in [2.75, 3.05) is 13.1 Å². The minimum absolute atomic E-state index is 0.0279. The summed E-state index contributed by atoms with van der Waals surface area (Å²) in [5.41, 5.74) is 0.820. The molecule has 1 atom stereocenters. The van der Waals surface area contributed by atoms with E-state index in [1.807, 2.05) is 24.3 Å². The number of nitrogens with one attached hydrogen (secondary N) is 2. The lowest BCUT2D eigenvalue weighted by molar-refractivity contribution is -0.121. The Bertz CT molecular complexity index is 523. The van der Waals surface area contributed by atoms with Gasteiger partial charge in [-0.05, 0) is 45.2 Å². The van der Waals surface area contributed by atoms with Crippen molar-refractivity contribution < 1.29 is 9.53 Å². The fourth-order valence-electron chi connectivity index (χ4n) is 2.89. The second kappa shape index (κ2) is 5.68. The van der Waals surface area contributed by atoms with E-state index in [1.165, 1.54) is 12.8 Å². The van der Waals surface area contributed by atoms with E-state index >= 15 is 0 Å². The van der Waals surface area contributed by atoms with Gasteiger partial charge >= 0.3 is 0 Å². The number of para-hydroxylation sites is 1. The Labute approximate surface area is 126 Å². The lowest BCUT2D eigenvalue weighted by atomic mass is 9.89. The van der Waals surface area contributed by atoms with E-state index in [9.17, 15) is 4.79 Å². The van der Waals surface area contributed by atoms with E-state index in [0.717, 1.165) is 30.2 Å². The quantitative estimate of drug-likeness (QED) is 0.875. The second-order valence-corrected chi connectivity index (χ2v) is 6.80. The maximum atomic E-state index is 12.1. The molecule has 1 aliphatic carbocycles. The van der Waals surface area contributed by atoms with Gasteiger partial charge in [0.15, 0.2) is 0 Å². The van der Waals surface area contributed by atoms with Crippen molar-refractivity contribution in [2.24, 2.45) is 5.92 Å². The summed E-state index contributed by atoms with van der Waals surface area (Å²) >= 11 is 0. The number of ether oxygens (including phenoxy) is 1. The van der Waals surface area contributed by atoms with Crippen LogP contribution < -0.4 is 15.4 Å². The highest BCUT2D eigenvalue weighted by atomic mass is 16.5.